The predicted octanol–water partition coefficient (Wildman–Crippen LogP) is 7.22. The molecule has 278 valence electrons. The van der Waals surface area contributed by atoms with Crippen molar-refractivity contribution in [2.24, 2.45) is 10.8 Å². The van der Waals surface area contributed by atoms with Crippen molar-refractivity contribution >= 4 is 14.4 Å². The second-order valence-electron chi connectivity index (χ2n) is 18.6. The Morgan fingerprint density at radius 1 is 0.630 bits per heavy atom. The molecule has 0 nitrogen and oxygen atoms in total. The van der Waals surface area contributed by atoms with Gasteiger partial charge in [-0.3, -0.25) is 0 Å². The Kier molecular flexibility index (Phi) is 10.5. The average molecular weight is 839 g/mol. The summed E-state index contributed by atoms with van der Waals surface area (Å²) < 4.78 is 33.2. The third kappa shape index (κ3) is 6.69. The number of rotatable bonds is 4. The summed E-state index contributed by atoms with van der Waals surface area (Å²) in [5.74, 6) is -0.527. The molecule has 0 saturated heterocycles. The van der Waals surface area contributed by atoms with Crippen molar-refractivity contribution in [3.63, 3.8) is 0 Å². The van der Waals surface area contributed by atoms with E-state index >= 15 is 8.78 Å². The number of halogens is 4. The molecule has 0 saturated carbocycles. The molecule has 4 aromatic rings. The van der Waals surface area contributed by atoms with Gasteiger partial charge in [0.25, 0.3) is 0 Å². The van der Waals surface area contributed by atoms with E-state index in [-0.39, 0.29) is 61.7 Å². The van der Waals surface area contributed by atoms with Crippen LogP contribution in [-0.4, -0.2) is 3.21 Å². The smallest absolute Gasteiger partial charge is 1.00 e. The summed E-state index contributed by atoms with van der Waals surface area (Å²) >= 11 is -3.20. The minimum atomic E-state index is -3.20. The molecule has 0 radical (unpaired) electrons. The zero-order valence-electron chi connectivity index (χ0n) is 33.1. The summed E-state index contributed by atoms with van der Waals surface area (Å²) in [5, 5.41) is 0. The van der Waals surface area contributed by atoms with E-state index in [0.717, 1.165) is 20.8 Å². The van der Waals surface area contributed by atoms with Gasteiger partial charge in [0.15, 0.2) is 0 Å². The monoisotopic (exact) mass is 836 g/mol. The van der Waals surface area contributed by atoms with Crippen molar-refractivity contribution in [1.82, 2.24) is 0 Å². The summed E-state index contributed by atoms with van der Waals surface area (Å²) in [6.45, 7) is 23.4. The Hall–Kier alpha value is -2.97. The van der Waals surface area contributed by atoms with E-state index in [2.05, 4.69) is 124 Å². The third-order valence-corrected chi connectivity index (χ3v) is 20.1. The van der Waals surface area contributed by atoms with Crippen molar-refractivity contribution in [2.45, 2.75) is 90.1 Å². The molecule has 4 aromatic carbocycles. The molecule has 0 aromatic heterocycles. The number of fused-ring (bicyclic) bond motifs is 5. The zero-order valence-corrected chi connectivity index (χ0v) is 37.1. The van der Waals surface area contributed by atoms with E-state index in [0.29, 0.717) is 0 Å². The second-order valence-corrected chi connectivity index (χ2v) is 24.9. The van der Waals surface area contributed by atoms with E-state index in [1.807, 2.05) is 24.3 Å². The Balaban J connectivity index is 0.00000249. The maximum Gasteiger partial charge on any atom is -1.00 e. The van der Waals surface area contributed by atoms with Crippen LogP contribution in [0.2, 0.25) is 0 Å². The molecule has 54 heavy (non-hydrogen) atoms. The first kappa shape index (κ1) is 40.7. The molecule has 0 heterocycles. The minimum absolute atomic E-state index is 0. The van der Waals surface area contributed by atoms with Gasteiger partial charge in [0.05, 0.1) is 0 Å². The van der Waals surface area contributed by atoms with Gasteiger partial charge in [-0.2, -0.15) is 0 Å². The van der Waals surface area contributed by atoms with Crippen LogP contribution in [-0.2, 0) is 32.1 Å². The largest absolute Gasteiger partial charge is 1.00 e. The van der Waals surface area contributed by atoms with Gasteiger partial charge in [-0.05, 0) is 0 Å². The van der Waals surface area contributed by atoms with Gasteiger partial charge < -0.3 is 24.8 Å². The Morgan fingerprint density at radius 2 is 1.07 bits per heavy atom. The van der Waals surface area contributed by atoms with E-state index in [1.54, 1.807) is 12.1 Å². The molecule has 0 fully saturated rings. The quantitative estimate of drug-likeness (QED) is 0.204. The van der Waals surface area contributed by atoms with E-state index < -0.39 is 21.3 Å². The minimum Gasteiger partial charge on any atom is -1.00 e. The van der Waals surface area contributed by atoms with Gasteiger partial charge >= 0.3 is 319 Å². The molecule has 5 heteroatoms. The Bertz CT molecular complexity index is 2220. The fourth-order valence-electron chi connectivity index (χ4n) is 9.34. The van der Waals surface area contributed by atoms with E-state index in [9.17, 15) is 0 Å². The summed E-state index contributed by atoms with van der Waals surface area (Å²) in [4.78, 5) is 0. The van der Waals surface area contributed by atoms with Crippen molar-refractivity contribution in [1.29, 1.82) is 0 Å². The Morgan fingerprint density at radius 3 is 1.44 bits per heavy atom. The summed E-state index contributed by atoms with van der Waals surface area (Å²) in [5.41, 5.74) is 15.3. The van der Waals surface area contributed by atoms with Crippen molar-refractivity contribution in [2.75, 3.05) is 0 Å². The molecule has 4 aliphatic carbocycles. The average Bonchev–Trinajstić information content (AvgIpc) is 3.81. The van der Waals surface area contributed by atoms with Crippen molar-refractivity contribution < 1.29 is 54.9 Å². The van der Waals surface area contributed by atoms with E-state index in [1.165, 1.54) is 71.1 Å². The molecule has 0 aliphatic heterocycles. The molecular weight excluding hydrogens is 789 g/mol. The van der Waals surface area contributed by atoms with Crippen LogP contribution in [0.5, 0.6) is 0 Å². The topological polar surface area (TPSA) is 0 Å². The maximum atomic E-state index is 15.3. The first-order valence-corrected chi connectivity index (χ1v) is 22.7. The number of hydrogen-bond donors (Lipinski definition) is 0. The SMILES string of the molecule is CC(C)(C)C1=CC(C)(C)c2cc3c(cc21)-c1cc2c(cc1[CH]3[Zr+2]([C]1=CC=CC1)=[C](c1cccc(F)c1)c1cccc(F)c1)C(C)(C)C=C2C(C)(C)C.[Cl-].[Cl-]. The van der Waals surface area contributed by atoms with Gasteiger partial charge in [-0.15, -0.1) is 0 Å². The van der Waals surface area contributed by atoms with Crippen LogP contribution in [0.4, 0.5) is 8.78 Å². The zero-order chi connectivity index (χ0) is 37.1. The van der Waals surface area contributed by atoms with Gasteiger partial charge in [0, 0.05) is 0 Å². The molecule has 0 bridgehead atoms. The molecule has 0 atom stereocenters. The second kappa shape index (κ2) is 13.9. The third-order valence-electron chi connectivity index (χ3n) is 11.8. The fourth-order valence-corrected chi connectivity index (χ4v) is 18.3. The van der Waals surface area contributed by atoms with Crippen LogP contribution in [0.15, 0.2) is 106 Å². The number of hydrogen-bond acceptors (Lipinski definition) is 0. The standard InChI is InChI=1S/C31H37.C13H8F2.C5H5.2ClH.Zr/c1-28(2,3)26-16-30(7,8)24-12-18-11-19-13-25-23(15-21(19)20(18)14-22(24)26)27(29(4,5)6)17-31(25,9)10;14-12-5-1-3-10(8-12)7-11-4-2-6-13(15)9-11;1-2-4-5-3-1;;;/h11-17H,1-10H3;1-6,8-9H;1-3H,4H2;2*1H;/q;;;;;+2/p-2. The molecular formula is C49H50Cl2F2Zr. The summed E-state index contributed by atoms with van der Waals surface area (Å²) in [6, 6.07) is 24.3. The molecule has 0 N–H and O–H groups in total. The maximum absolute atomic E-state index is 15.3. The fraction of sp³-hybridized carbons (Fsp3) is 0.327. The summed E-state index contributed by atoms with van der Waals surface area (Å²) in [6.07, 6.45) is 12.7. The molecule has 0 unspecified atom stereocenters. The van der Waals surface area contributed by atoms with Gasteiger partial charge in [-0.25, -0.2) is 0 Å². The number of allylic oxidation sites excluding steroid dienone is 8. The van der Waals surface area contributed by atoms with Gasteiger partial charge in [0.1, 0.15) is 0 Å². The number of benzene rings is 4. The molecule has 8 rings (SSSR count). The first-order chi connectivity index (χ1) is 24.3. The normalized spacial score (nSPS) is 17.2. The first-order valence-electron chi connectivity index (χ1n) is 18.8. The van der Waals surface area contributed by atoms with Crippen LogP contribution >= 0.6 is 0 Å². The Labute approximate surface area is 341 Å². The van der Waals surface area contributed by atoms with E-state index in [4.69, 9.17) is 0 Å². The molecule has 4 aliphatic rings. The summed E-state index contributed by atoms with van der Waals surface area (Å²) in [7, 11) is 0. The van der Waals surface area contributed by atoms with Crippen LogP contribution in [0.3, 0.4) is 0 Å². The predicted molar refractivity (Wildman–Crippen MR) is 212 cm³/mol. The van der Waals surface area contributed by atoms with Gasteiger partial charge in [0.2, 0.25) is 0 Å². The van der Waals surface area contributed by atoms with Gasteiger partial charge in [-0.1, -0.05) is 0 Å². The van der Waals surface area contributed by atoms with Crippen LogP contribution < -0.4 is 24.8 Å². The molecule has 0 amide bonds. The van der Waals surface area contributed by atoms with Crippen LogP contribution in [0, 0.1) is 22.5 Å². The van der Waals surface area contributed by atoms with Crippen molar-refractivity contribution in [3.8, 4) is 11.1 Å². The van der Waals surface area contributed by atoms with Crippen molar-refractivity contribution in [3.05, 3.63) is 163 Å². The molecule has 0 spiro atoms. The van der Waals surface area contributed by atoms with Crippen LogP contribution in [0.1, 0.15) is 124 Å². The van der Waals surface area contributed by atoms with Crippen LogP contribution in [0.25, 0.3) is 22.3 Å².